The number of benzene rings is 2. The third-order valence-corrected chi connectivity index (χ3v) is 7.80. The van der Waals surface area contributed by atoms with Gasteiger partial charge in [0.15, 0.2) is 29.1 Å². The van der Waals surface area contributed by atoms with Gasteiger partial charge in [0.2, 0.25) is 18.3 Å². The fourth-order valence-electron chi connectivity index (χ4n) is 5.19. The van der Waals surface area contributed by atoms with Gasteiger partial charge < -0.3 is 43.4 Å². The highest BCUT2D eigenvalue weighted by molar-refractivity contribution is 5.91. The van der Waals surface area contributed by atoms with Gasteiger partial charge in [-0.1, -0.05) is 19.9 Å². The number of carbonyl (C=O) groups excluding carboxylic acids is 2. The minimum atomic E-state index is -1.86. The maximum absolute atomic E-state index is 13.2. The predicted octanol–water partition coefficient (Wildman–Crippen LogP) is 4.76. The maximum Gasteiger partial charge on any atom is 0.334 e. The number of hydrogen-bond donors (Lipinski definition) is 2. The normalized spacial score (nSPS) is 23.0. The molecule has 0 saturated heterocycles. The number of allylic oxidation sites excluding steroid dienone is 1. The highest BCUT2D eigenvalue weighted by atomic mass is 16.7. The molecule has 2 aromatic rings. The van der Waals surface area contributed by atoms with Crippen molar-refractivity contribution >= 4 is 11.9 Å². The van der Waals surface area contributed by atoms with Gasteiger partial charge in [-0.2, -0.15) is 0 Å². The highest BCUT2D eigenvalue weighted by Crippen LogP contribution is 2.61. The van der Waals surface area contributed by atoms with Crippen LogP contribution in [0.4, 0.5) is 0 Å². The Kier molecular flexibility index (Phi) is 8.30. The molecule has 2 aromatic carbocycles. The van der Waals surface area contributed by atoms with Crippen molar-refractivity contribution in [3.63, 3.8) is 0 Å². The number of carbonyl (C=O) groups is 2. The first kappa shape index (κ1) is 29.9. The summed E-state index contributed by atoms with van der Waals surface area (Å²) in [4.78, 5) is 25.9. The van der Waals surface area contributed by atoms with E-state index in [2.05, 4.69) is 0 Å². The molecule has 0 aromatic heterocycles. The summed E-state index contributed by atoms with van der Waals surface area (Å²) in [6, 6.07) is 3.17. The first-order valence-electron chi connectivity index (χ1n) is 13.2. The summed E-state index contributed by atoms with van der Waals surface area (Å²) < 4.78 is 40.2. The Labute approximate surface area is 238 Å². The smallest absolute Gasteiger partial charge is 0.334 e. The molecular weight excluding hydrogens is 536 g/mol. The van der Waals surface area contributed by atoms with Gasteiger partial charge in [-0.3, -0.25) is 4.79 Å². The van der Waals surface area contributed by atoms with Crippen LogP contribution in [-0.4, -0.2) is 55.9 Å². The zero-order chi connectivity index (χ0) is 30.2. The quantitative estimate of drug-likeness (QED) is 0.351. The average Bonchev–Trinajstić information content (AvgIpc) is 3.44. The van der Waals surface area contributed by atoms with Crippen molar-refractivity contribution in [1.82, 2.24) is 0 Å². The lowest BCUT2D eigenvalue weighted by Crippen LogP contribution is -2.46. The van der Waals surface area contributed by atoms with Crippen LogP contribution in [0.2, 0.25) is 0 Å². The largest absolute Gasteiger partial charge is 0.504 e. The Bertz CT molecular complexity index is 1390. The third-order valence-electron chi connectivity index (χ3n) is 7.80. The Morgan fingerprint density at radius 3 is 2.32 bits per heavy atom. The summed E-state index contributed by atoms with van der Waals surface area (Å²) in [6.07, 6.45) is -0.831. The van der Waals surface area contributed by atoms with E-state index in [1.54, 1.807) is 39.8 Å². The van der Waals surface area contributed by atoms with Crippen molar-refractivity contribution in [2.24, 2.45) is 5.92 Å². The first-order chi connectivity index (χ1) is 19.5. The van der Waals surface area contributed by atoms with Crippen LogP contribution in [-0.2, 0) is 19.1 Å². The molecule has 0 unspecified atom stereocenters. The van der Waals surface area contributed by atoms with Crippen molar-refractivity contribution in [1.29, 1.82) is 0 Å². The number of rotatable bonds is 7. The van der Waals surface area contributed by atoms with Gasteiger partial charge in [-0.25, -0.2) is 4.79 Å². The molecule has 0 bridgehead atoms. The second-order valence-electron chi connectivity index (χ2n) is 10.1. The monoisotopic (exact) mass is 572 g/mol. The van der Waals surface area contributed by atoms with Crippen molar-refractivity contribution in [3.8, 4) is 45.6 Å². The summed E-state index contributed by atoms with van der Waals surface area (Å²) in [5, 5.41) is 24.0. The molecule has 222 valence electrons. The fourth-order valence-corrected chi connectivity index (χ4v) is 5.19. The van der Waals surface area contributed by atoms with Gasteiger partial charge in [-0.05, 0) is 32.9 Å². The van der Waals surface area contributed by atoms with Crippen LogP contribution in [0.5, 0.6) is 34.5 Å². The lowest BCUT2D eigenvalue weighted by atomic mass is 9.71. The molecule has 0 amide bonds. The molecule has 11 heteroatoms. The Morgan fingerprint density at radius 1 is 1.05 bits per heavy atom. The second kappa shape index (κ2) is 11.4. The number of aromatic hydroxyl groups is 1. The molecule has 2 aliphatic rings. The van der Waals surface area contributed by atoms with E-state index in [1.807, 2.05) is 0 Å². The van der Waals surface area contributed by atoms with E-state index < -0.39 is 35.7 Å². The van der Waals surface area contributed by atoms with Gasteiger partial charge in [-0.15, -0.1) is 0 Å². The molecule has 0 saturated carbocycles. The van der Waals surface area contributed by atoms with Gasteiger partial charge in [0.25, 0.3) is 0 Å². The number of aliphatic hydroxyl groups is 1. The molecule has 4 atom stereocenters. The minimum absolute atomic E-state index is 0.0120. The summed E-state index contributed by atoms with van der Waals surface area (Å²) >= 11 is 0. The Balaban J connectivity index is 2.21. The van der Waals surface area contributed by atoms with Crippen LogP contribution in [0.1, 0.15) is 64.4 Å². The number of hydrogen-bond acceptors (Lipinski definition) is 11. The van der Waals surface area contributed by atoms with Gasteiger partial charge >= 0.3 is 11.9 Å². The molecular formula is C30H36O11. The van der Waals surface area contributed by atoms with E-state index in [9.17, 15) is 19.8 Å². The first-order valence-corrected chi connectivity index (χ1v) is 13.2. The zero-order valence-corrected chi connectivity index (χ0v) is 24.4. The number of esters is 2. The van der Waals surface area contributed by atoms with Gasteiger partial charge in [0.1, 0.15) is 11.7 Å². The lowest BCUT2D eigenvalue weighted by molar-refractivity contribution is -0.183. The third kappa shape index (κ3) is 4.88. The van der Waals surface area contributed by atoms with Crippen LogP contribution < -0.4 is 23.7 Å². The highest BCUT2D eigenvalue weighted by Gasteiger charge is 2.51. The molecule has 0 radical (unpaired) electrons. The van der Waals surface area contributed by atoms with Crippen molar-refractivity contribution < 1.29 is 53.0 Å². The van der Waals surface area contributed by atoms with Crippen molar-refractivity contribution in [2.45, 2.75) is 58.8 Å². The molecule has 41 heavy (non-hydrogen) atoms. The average molecular weight is 573 g/mol. The number of fused-ring (bicyclic) bond motifs is 4. The molecule has 1 aliphatic heterocycles. The SMILES string of the molecule is C/C=C(/C)C(=O)O[C@@H]1c2cc(OC)c(OC)c(O)c2-c2c(cc3c(c2OC)OCO3)[C@@H](OC(=O)CC)[C@@H](C)[C@]1(C)O. The second-order valence-corrected chi connectivity index (χ2v) is 10.1. The van der Waals surface area contributed by atoms with Crippen LogP contribution in [0, 0.1) is 5.92 Å². The molecule has 2 N–H and O–H groups in total. The summed E-state index contributed by atoms with van der Waals surface area (Å²) in [7, 11) is 4.18. The van der Waals surface area contributed by atoms with Gasteiger partial charge in [0, 0.05) is 40.2 Å². The molecule has 1 aliphatic carbocycles. The van der Waals surface area contributed by atoms with Crippen LogP contribution in [0.3, 0.4) is 0 Å². The molecule has 11 nitrogen and oxygen atoms in total. The van der Waals surface area contributed by atoms with E-state index in [0.29, 0.717) is 16.9 Å². The number of phenols is 1. The standard InChI is InChI=1S/C30H36O11/c1-9-14(3)29(33)41-28-17-12-18(35-6)25(36-7)23(32)21(17)22-16(11-19-26(27(22)37-8)39-13-38-19)24(40-20(31)10-2)15(4)30(28,5)34/h9,11-12,15,24,28,32,34H,10,13H2,1-8H3/b14-9-/t15-,24+,28-,30+/m1/s1. The van der Waals surface area contributed by atoms with E-state index in [4.69, 9.17) is 33.2 Å². The van der Waals surface area contributed by atoms with E-state index >= 15 is 0 Å². The van der Waals surface area contributed by atoms with Crippen molar-refractivity contribution in [3.05, 3.63) is 34.9 Å². The van der Waals surface area contributed by atoms with Crippen LogP contribution in [0.25, 0.3) is 11.1 Å². The Hall–Kier alpha value is -4.12. The minimum Gasteiger partial charge on any atom is -0.504 e. The molecule has 1 heterocycles. The molecule has 0 spiro atoms. The molecule has 0 fully saturated rings. The number of methoxy groups -OCH3 is 3. The number of ether oxygens (including phenoxy) is 7. The predicted molar refractivity (Wildman–Crippen MR) is 146 cm³/mol. The van der Waals surface area contributed by atoms with E-state index in [0.717, 1.165) is 0 Å². The zero-order valence-electron chi connectivity index (χ0n) is 24.4. The Morgan fingerprint density at radius 2 is 1.73 bits per heavy atom. The van der Waals surface area contributed by atoms with E-state index in [-0.39, 0.29) is 58.7 Å². The number of phenolic OH excluding ortho intramolecular Hbond substituents is 1. The summed E-state index contributed by atoms with van der Waals surface area (Å²) in [5.41, 5.74) is -0.590. The van der Waals surface area contributed by atoms with Gasteiger partial charge in [0.05, 0.1) is 21.3 Å². The topological polar surface area (TPSA) is 139 Å². The fraction of sp³-hybridized carbons (Fsp3) is 0.467. The lowest BCUT2D eigenvalue weighted by Gasteiger charge is -2.43. The summed E-state index contributed by atoms with van der Waals surface area (Å²) in [6.45, 7) is 8.00. The maximum atomic E-state index is 13.2. The summed E-state index contributed by atoms with van der Waals surface area (Å²) in [5.74, 6) is -1.57. The van der Waals surface area contributed by atoms with E-state index in [1.165, 1.54) is 34.3 Å². The van der Waals surface area contributed by atoms with Crippen LogP contribution in [0.15, 0.2) is 23.8 Å². The van der Waals surface area contributed by atoms with Crippen LogP contribution >= 0.6 is 0 Å². The molecule has 4 rings (SSSR count). The van der Waals surface area contributed by atoms with Crippen molar-refractivity contribution in [2.75, 3.05) is 28.1 Å².